The van der Waals surface area contributed by atoms with Gasteiger partial charge in [0.15, 0.2) is 0 Å². The molecule has 1 radical (unpaired) electrons. The summed E-state index contributed by atoms with van der Waals surface area (Å²) in [5.74, 6) is -1.13. The summed E-state index contributed by atoms with van der Waals surface area (Å²) < 4.78 is 5.84. The van der Waals surface area contributed by atoms with Crippen LogP contribution in [0.3, 0.4) is 0 Å². The molecule has 0 saturated heterocycles. The van der Waals surface area contributed by atoms with E-state index in [4.69, 9.17) is 15.6 Å². The summed E-state index contributed by atoms with van der Waals surface area (Å²) in [7, 11) is 0. The summed E-state index contributed by atoms with van der Waals surface area (Å²) >= 11 is 0. The number of hydrogen-bond acceptors (Lipinski definition) is 5. The number of rotatable bonds is 14. The third-order valence-electron chi connectivity index (χ3n) is 6.01. The van der Waals surface area contributed by atoms with E-state index in [1.54, 1.807) is 19.1 Å². The van der Waals surface area contributed by atoms with E-state index in [0.29, 0.717) is 24.5 Å². The Morgan fingerprint density at radius 2 is 1.58 bits per heavy atom. The third-order valence-corrected chi connectivity index (χ3v) is 6.01. The lowest BCUT2D eigenvalue weighted by Crippen LogP contribution is -2.45. The maximum absolute atomic E-state index is 13.2. The van der Waals surface area contributed by atoms with Crippen LogP contribution in [0.1, 0.15) is 30.0 Å². The highest BCUT2D eigenvalue weighted by molar-refractivity contribution is 5.98. The number of ether oxygens (including phenoxy) is 1. The van der Waals surface area contributed by atoms with Crippen molar-refractivity contribution in [3.8, 4) is 5.75 Å². The highest BCUT2D eigenvalue weighted by Crippen LogP contribution is 2.17. The molecular formula is C30H34N3O5. The lowest BCUT2D eigenvalue weighted by molar-refractivity contribution is -0.125. The second-order valence-corrected chi connectivity index (χ2v) is 9.09. The smallest absolute Gasteiger partial charge is 0.247 e. The van der Waals surface area contributed by atoms with E-state index in [-0.39, 0.29) is 25.4 Å². The third kappa shape index (κ3) is 9.37. The molecule has 8 heteroatoms. The number of primary amides is 1. The van der Waals surface area contributed by atoms with Gasteiger partial charge in [-0.2, -0.15) is 0 Å². The van der Waals surface area contributed by atoms with Gasteiger partial charge in [0, 0.05) is 24.6 Å². The number of aliphatic hydroxyl groups excluding tert-OH is 1. The molecule has 3 rings (SSSR count). The van der Waals surface area contributed by atoms with Crippen molar-refractivity contribution < 1.29 is 24.2 Å². The first-order chi connectivity index (χ1) is 18.3. The first-order valence-electron chi connectivity index (χ1n) is 12.5. The van der Waals surface area contributed by atoms with Crippen molar-refractivity contribution in [1.29, 1.82) is 0 Å². The Labute approximate surface area is 223 Å². The highest BCUT2D eigenvalue weighted by Gasteiger charge is 2.22. The van der Waals surface area contributed by atoms with Crippen molar-refractivity contribution in [3.05, 3.63) is 102 Å². The number of hydrogen-bond donors (Lipinski definition) is 4. The van der Waals surface area contributed by atoms with Crippen LogP contribution in [-0.2, 0) is 33.8 Å². The van der Waals surface area contributed by atoms with Crippen LogP contribution in [0.25, 0.3) is 0 Å². The van der Waals surface area contributed by atoms with Crippen LogP contribution >= 0.6 is 0 Å². The summed E-state index contributed by atoms with van der Waals surface area (Å²) in [4.78, 5) is 37.0. The zero-order chi connectivity index (χ0) is 27.3. The number of carbonyl (C=O) groups is 3. The summed E-state index contributed by atoms with van der Waals surface area (Å²) in [5.41, 5.74) is 8.69. The summed E-state index contributed by atoms with van der Waals surface area (Å²) in [6, 6.07) is 23.5. The minimum Gasteiger partial charge on any atom is -0.489 e. The quantitative estimate of drug-likeness (QED) is 0.261. The average Bonchev–Trinajstić information content (AvgIpc) is 2.92. The number of nitrogens with two attached hydrogens (primary N) is 1. The monoisotopic (exact) mass is 516 g/mol. The molecule has 0 aliphatic carbocycles. The summed E-state index contributed by atoms with van der Waals surface area (Å²) in [6.45, 7) is 2.12. The molecule has 3 aromatic carbocycles. The second-order valence-electron chi connectivity index (χ2n) is 9.09. The van der Waals surface area contributed by atoms with Gasteiger partial charge in [-0.1, -0.05) is 61.5 Å². The normalized spacial score (nSPS) is 12.3. The van der Waals surface area contributed by atoms with Gasteiger partial charge in [-0.05, 0) is 53.8 Å². The van der Waals surface area contributed by atoms with E-state index < -0.39 is 23.8 Å². The molecule has 0 aromatic heterocycles. The topological polar surface area (TPSA) is 131 Å². The molecule has 0 aliphatic heterocycles. The van der Waals surface area contributed by atoms with E-state index in [1.807, 2.05) is 66.7 Å². The fraction of sp³-hybridized carbons (Fsp3) is 0.267. The molecule has 5 N–H and O–H groups in total. The van der Waals surface area contributed by atoms with Gasteiger partial charge in [0.05, 0.1) is 6.42 Å². The number of carbonyl (C=O) groups excluding carboxylic acids is 3. The molecule has 0 bridgehead atoms. The molecule has 8 nitrogen and oxygen atoms in total. The number of aliphatic hydroxyl groups is 1. The first-order valence-corrected chi connectivity index (χ1v) is 12.5. The molecule has 0 fully saturated rings. The van der Waals surface area contributed by atoms with E-state index in [9.17, 15) is 14.4 Å². The lowest BCUT2D eigenvalue weighted by atomic mass is 10.0. The standard InChI is InChI=1S/C30H34N3O5/c1-21(29(31)36)7-16-28(35)33-27(30(37)32-25-12-8-22(9-13-25)17-18-34)19-23-10-14-26(15-11-23)38-20-24-5-3-2-4-6-24/h2-6,8-16,21,27,34H,7,17-20H2,1H3,(H2,31,36)(H,32,37)(H,33,35). The van der Waals surface area contributed by atoms with Crippen LogP contribution in [-0.4, -0.2) is 35.5 Å². The number of benzene rings is 3. The van der Waals surface area contributed by atoms with Gasteiger partial charge in [-0.25, -0.2) is 0 Å². The van der Waals surface area contributed by atoms with Gasteiger partial charge in [0.2, 0.25) is 17.7 Å². The van der Waals surface area contributed by atoms with Gasteiger partial charge in [-0.3, -0.25) is 14.4 Å². The number of anilines is 1. The van der Waals surface area contributed by atoms with Crippen molar-refractivity contribution in [1.82, 2.24) is 5.32 Å². The van der Waals surface area contributed by atoms with Gasteiger partial charge in [0.25, 0.3) is 0 Å². The Bertz CT molecular complexity index is 1180. The van der Waals surface area contributed by atoms with Gasteiger partial charge < -0.3 is 26.2 Å². The zero-order valence-corrected chi connectivity index (χ0v) is 21.4. The van der Waals surface area contributed by atoms with Gasteiger partial charge in [-0.15, -0.1) is 0 Å². The van der Waals surface area contributed by atoms with Gasteiger partial charge >= 0.3 is 0 Å². The van der Waals surface area contributed by atoms with E-state index in [2.05, 4.69) is 10.6 Å². The zero-order valence-electron chi connectivity index (χ0n) is 21.4. The van der Waals surface area contributed by atoms with Crippen molar-refractivity contribution in [3.63, 3.8) is 0 Å². The van der Waals surface area contributed by atoms with Crippen molar-refractivity contribution in [2.45, 2.75) is 38.8 Å². The van der Waals surface area contributed by atoms with Crippen LogP contribution in [0.4, 0.5) is 5.69 Å². The number of amides is 3. The highest BCUT2D eigenvalue weighted by atomic mass is 16.5. The van der Waals surface area contributed by atoms with E-state index in [1.165, 1.54) is 6.42 Å². The fourth-order valence-corrected chi connectivity index (χ4v) is 3.65. The molecule has 38 heavy (non-hydrogen) atoms. The molecule has 199 valence electrons. The number of nitrogens with one attached hydrogen (secondary N) is 2. The first kappa shape index (κ1) is 28.4. The SMILES string of the molecule is CC(C[CH]C(=O)NC(Cc1ccc(OCc2ccccc2)cc1)C(=O)Nc1ccc(CCO)cc1)C(N)=O. The Morgan fingerprint density at radius 3 is 2.21 bits per heavy atom. The molecule has 0 spiro atoms. The Morgan fingerprint density at radius 1 is 0.921 bits per heavy atom. The van der Waals surface area contributed by atoms with Crippen LogP contribution < -0.4 is 21.1 Å². The summed E-state index contributed by atoms with van der Waals surface area (Å²) in [6.07, 6.45) is 2.28. The van der Waals surface area contributed by atoms with Crippen LogP contribution in [0.2, 0.25) is 0 Å². The Hall–Kier alpha value is -4.17. The molecular weight excluding hydrogens is 482 g/mol. The largest absolute Gasteiger partial charge is 0.489 e. The predicted octanol–water partition coefficient (Wildman–Crippen LogP) is 3.18. The van der Waals surface area contributed by atoms with Crippen LogP contribution in [0, 0.1) is 12.3 Å². The van der Waals surface area contributed by atoms with Crippen molar-refractivity contribution in [2.24, 2.45) is 11.7 Å². The summed E-state index contributed by atoms with van der Waals surface area (Å²) in [5, 5.41) is 14.7. The van der Waals surface area contributed by atoms with Crippen molar-refractivity contribution in [2.75, 3.05) is 11.9 Å². The molecule has 0 aliphatic rings. The fourth-order valence-electron chi connectivity index (χ4n) is 3.65. The molecule has 0 saturated carbocycles. The van der Waals surface area contributed by atoms with E-state index in [0.717, 1.165) is 16.7 Å². The average molecular weight is 517 g/mol. The molecule has 3 amide bonds. The van der Waals surface area contributed by atoms with Crippen LogP contribution in [0.15, 0.2) is 78.9 Å². The lowest BCUT2D eigenvalue weighted by Gasteiger charge is -2.19. The minimum atomic E-state index is -0.865. The van der Waals surface area contributed by atoms with E-state index >= 15 is 0 Å². The second kappa shape index (κ2) is 14.5. The molecule has 0 heterocycles. The molecule has 2 atom stereocenters. The predicted molar refractivity (Wildman–Crippen MR) is 146 cm³/mol. The Kier molecular flexibility index (Phi) is 10.9. The maximum Gasteiger partial charge on any atom is 0.247 e. The maximum atomic E-state index is 13.2. The van der Waals surface area contributed by atoms with Gasteiger partial charge in [0.1, 0.15) is 18.4 Å². The minimum absolute atomic E-state index is 0.0424. The van der Waals surface area contributed by atoms with Crippen molar-refractivity contribution >= 4 is 23.4 Å². The molecule has 3 aromatic rings. The van der Waals surface area contributed by atoms with Crippen LogP contribution in [0.5, 0.6) is 5.75 Å². The molecule has 2 unspecified atom stereocenters. The Balaban J connectivity index is 1.65.